The highest BCUT2D eigenvalue weighted by atomic mass is 35.5. The molecule has 0 bridgehead atoms. The van der Waals surface area contributed by atoms with Gasteiger partial charge in [-0.1, -0.05) is 11.6 Å². The number of ether oxygens (including phenoxy) is 2. The second kappa shape index (κ2) is 7.69. The quantitative estimate of drug-likeness (QED) is 0.649. The smallest absolute Gasteiger partial charge is 0.270 e. The zero-order chi connectivity index (χ0) is 20.5. The van der Waals surface area contributed by atoms with Crippen molar-refractivity contribution in [3.63, 3.8) is 0 Å². The number of nitrogens with one attached hydrogen (secondary N) is 1. The van der Waals surface area contributed by atoms with Crippen molar-refractivity contribution in [1.29, 1.82) is 0 Å². The number of hydrogen-bond donors (Lipinski definition) is 2. The van der Waals surface area contributed by atoms with Crippen molar-refractivity contribution >= 4 is 29.1 Å². The fourth-order valence-electron chi connectivity index (χ4n) is 3.37. The van der Waals surface area contributed by atoms with Crippen LogP contribution in [-0.2, 0) is 17.8 Å². The van der Waals surface area contributed by atoms with Crippen LogP contribution in [0.5, 0.6) is 5.75 Å². The average molecular weight is 416 g/mol. The van der Waals surface area contributed by atoms with E-state index in [0.717, 1.165) is 11.3 Å². The van der Waals surface area contributed by atoms with Gasteiger partial charge in [0.2, 0.25) is 0 Å². The van der Waals surface area contributed by atoms with Crippen LogP contribution < -0.4 is 15.8 Å². The normalized spacial score (nSPS) is 15.6. The lowest BCUT2D eigenvalue weighted by molar-refractivity contribution is 0.0906. The van der Waals surface area contributed by atoms with E-state index in [1.807, 2.05) is 12.1 Å². The first kappa shape index (κ1) is 19.2. The summed E-state index contributed by atoms with van der Waals surface area (Å²) in [5.41, 5.74) is 7.27. The second-order valence-corrected chi connectivity index (χ2v) is 7.06. The molecular formula is C19H18ClN5O4. The molecule has 0 fully saturated rings. The predicted molar refractivity (Wildman–Crippen MR) is 104 cm³/mol. The largest absolute Gasteiger partial charge is 0.491 e. The molecule has 9 nitrogen and oxygen atoms in total. The maximum Gasteiger partial charge on any atom is 0.270 e. The van der Waals surface area contributed by atoms with E-state index < -0.39 is 5.91 Å². The average Bonchev–Trinajstić information content (AvgIpc) is 3.06. The standard InChI is InChI=1S/C19H18ClN5O4/c1-28-9-13-16(17(21)26)18-22-5-4-14(25(18)24-13)19(27)23-12-7-10-6-11(20)2-3-15(10)29-8-12/h2-6,12H,7-9H2,1H3,(H2,21,26)(H,23,27). The number of primary amides is 1. The Morgan fingerprint density at radius 3 is 3.00 bits per heavy atom. The topological polar surface area (TPSA) is 121 Å². The van der Waals surface area contributed by atoms with Gasteiger partial charge in [-0.25, -0.2) is 9.50 Å². The van der Waals surface area contributed by atoms with Crippen LogP contribution in [-0.4, -0.2) is 46.2 Å². The number of nitrogens with two attached hydrogens (primary N) is 1. The number of methoxy groups -OCH3 is 1. The van der Waals surface area contributed by atoms with Crippen molar-refractivity contribution in [2.75, 3.05) is 13.7 Å². The Hall–Kier alpha value is -3.17. The lowest BCUT2D eigenvalue weighted by atomic mass is 10.0. The first-order valence-electron chi connectivity index (χ1n) is 8.85. The molecular weight excluding hydrogens is 398 g/mol. The summed E-state index contributed by atoms with van der Waals surface area (Å²) >= 11 is 6.05. The molecule has 1 aliphatic rings. The zero-order valence-corrected chi connectivity index (χ0v) is 16.3. The summed E-state index contributed by atoms with van der Waals surface area (Å²) in [4.78, 5) is 28.9. The molecule has 0 saturated carbocycles. The number of fused-ring (bicyclic) bond motifs is 2. The van der Waals surface area contributed by atoms with Crippen LogP contribution in [0, 0.1) is 0 Å². The third-order valence-corrected chi connectivity index (χ3v) is 4.85. The molecule has 0 radical (unpaired) electrons. The van der Waals surface area contributed by atoms with E-state index in [2.05, 4.69) is 15.4 Å². The molecule has 0 aliphatic carbocycles. The van der Waals surface area contributed by atoms with Crippen LogP contribution in [0.2, 0.25) is 5.02 Å². The Morgan fingerprint density at radius 1 is 1.41 bits per heavy atom. The number of aromatic nitrogens is 3. The molecule has 1 atom stereocenters. The summed E-state index contributed by atoms with van der Waals surface area (Å²) in [6, 6.07) is 6.67. The molecule has 10 heteroatoms. The number of amides is 2. The minimum atomic E-state index is -0.689. The van der Waals surface area contributed by atoms with Gasteiger partial charge in [-0.05, 0) is 36.2 Å². The second-order valence-electron chi connectivity index (χ2n) is 6.62. The predicted octanol–water partition coefficient (Wildman–Crippen LogP) is 1.36. The summed E-state index contributed by atoms with van der Waals surface area (Å²) in [6.07, 6.45) is 2.01. The lowest BCUT2D eigenvalue weighted by Gasteiger charge is -2.26. The molecule has 29 heavy (non-hydrogen) atoms. The van der Waals surface area contributed by atoms with Gasteiger partial charge >= 0.3 is 0 Å². The van der Waals surface area contributed by atoms with Crippen molar-refractivity contribution < 1.29 is 19.1 Å². The summed E-state index contributed by atoms with van der Waals surface area (Å²) < 4.78 is 12.1. The van der Waals surface area contributed by atoms with Crippen LogP contribution in [0.4, 0.5) is 0 Å². The molecule has 1 unspecified atom stereocenters. The zero-order valence-electron chi connectivity index (χ0n) is 15.5. The molecule has 2 aromatic heterocycles. The SMILES string of the molecule is COCc1nn2c(C(=O)NC3COc4ccc(Cl)cc4C3)ccnc2c1C(N)=O. The number of nitrogens with zero attached hydrogens (tertiary/aromatic N) is 3. The fraction of sp³-hybridized carbons (Fsp3) is 0.263. The Labute approximate surface area is 170 Å². The third-order valence-electron chi connectivity index (χ3n) is 4.62. The highest BCUT2D eigenvalue weighted by molar-refractivity contribution is 6.30. The van der Waals surface area contributed by atoms with Gasteiger partial charge in [-0.3, -0.25) is 9.59 Å². The van der Waals surface area contributed by atoms with Crippen molar-refractivity contribution in [3.05, 3.63) is 58.0 Å². The Balaban J connectivity index is 1.62. The molecule has 0 spiro atoms. The monoisotopic (exact) mass is 415 g/mol. The minimum absolute atomic E-state index is 0.0662. The number of halogens is 1. The van der Waals surface area contributed by atoms with Gasteiger partial charge in [0.15, 0.2) is 5.65 Å². The van der Waals surface area contributed by atoms with Gasteiger partial charge in [0, 0.05) is 18.3 Å². The van der Waals surface area contributed by atoms with Crippen LogP contribution in [0.15, 0.2) is 30.5 Å². The van der Waals surface area contributed by atoms with E-state index in [1.54, 1.807) is 6.07 Å². The van der Waals surface area contributed by atoms with Crippen molar-refractivity contribution in [2.24, 2.45) is 5.73 Å². The molecule has 0 saturated heterocycles. The first-order chi connectivity index (χ1) is 14.0. The van der Waals surface area contributed by atoms with Crippen molar-refractivity contribution in [2.45, 2.75) is 19.1 Å². The van der Waals surface area contributed by atoms with Gasteiger partial charge in [0.1, 0.15) is 29.3 Å². The van der Waals surface area contributed by atoms with Gasteiger partial charge in [-0.15, -0.1) is 0 Å². The number of benzene rings is 1. The van der Waals surface area contributed by atoms with Crippen LogP contribution in [0.25, 0.3) is 5.65 Å². The Bertz CT molecular complexity index is 1110. The van der Waals surface area contributed by atoms with Gasteiger partial charge in [0.05, 0.1) is 12.6 Å². The molecule has 150 valence electrons. The van der Waals surface area contributed by atoms with Crippen molar-refractivity contribution in [1.82, 2.24) is 19.9 Å². The summed E-state index contributed by atoms with van der Waals surface area (Å²) in [5.74, 6) is -0.307. The first-order valence-corrected chi connectivity index (χ1v) is 9.23. The van der Waals surface area contributed by atoms with E-state index >= 15 is 0 Å². The summed E-state index contributed by atoms with van der Waals surface area (Å²) in [7, 11) is 1.48. The molecule has 1 aromatic carbocycles. The molecule has 3 N–H and O–H groups in total. The Morgan fingerprint density at radius 2 is 2.24 bits per heavy atom. The Kier molecular flexibility index (Phi) is 5.08. The lowest BCUT2D eigenvalue weighted by Crippen LogP contribution is -2.43. The van der Waals surface area contributed by atoms with Crippen molar-refractivity contribution in [3.8, 4) is 5.75 Å². The van der Waals surface area contributed by atoms with E-state index in [9.17, 15) is 9.59 Å². The summed E-state index contributed by atoms with van der Waals surface area (Å²) in [5, 5.41) is 7.85. The maximum atomic E-state index is 12.9. The highest BCUT2D eigenvalue weighted by Gasteiger charge is 2.25. The minimum Gasteiger partial charge on any atom is -0.491 e. The van der Waals surface area contributed by atoms with E-state index in [0.29, 0.717) is 23.7 Å². The van der Waals surface area contributed by atoms with Crippen LogP contribution >= 0.6 is 11.6 Å². The molecule has 1 aliphatic heterocycles. The molecule has 2 amide bonds. The van der Waals surface area contributed by atoms with E-state index in [-0.39, 0.29) is 35.5 Å². The van der Waals surface area contributed by atoms with Crippen LogP contribution in [0.1, 0.15) is 32.1 Å². The fourth-order valence-corrected chi connectivity index (χ4v) is 3.56. The van der Waals surface area contributed by atoms with Crippen LogP contribution in [0.3, 0.4) is 0 Å². The highest BCUT2D eigenvalue weighted by Crippen LogP contribution is 2.27. The molecule has 4 rings (SSSR count). The number of carbonyl (C=O) groups is 2. The molecule has 3 aromatic rings. The van der Waals surface area contributed by atoms with E-state index in [4.69, 9.17) is 26.8 Å². The van der Waals surface area contributed by atoms with Gasteiger partial charge in [0.25, 0.3) is 11.8 Å². The van der Waals surface area contributed by atoms with Gasteiger partial charge < -0.3 is 20.5 Å². The number of rotatable bonds is 5. The maximum absolute atomic E-state index is 12.9. The number of carbonyl (C=O) groups excluding carboxylic acids is 2. The van der Waals surface area contributed by atoms with E-state index in [1.165, 1.54) is 23.9 Å². The van der Waals surface area contributed by atoms with Gasteiger partial charge in [-0.2, -0.15) is 5.10 Å². The summed E-state index contributed by atoms with van der Waals surface area (Å²) in [6.45, 7) is 0.395. The number of hydrogen-bond acceptors (Lipinski definition) is 6. The third kappa shape index (κ3) is 3.62. The molecule has 3 heterocycles.